The first-order valence-corrected chi connectivity index (χ1v) is 5.68. The second-order valence-corrected chi connectivity index (χ2v) is 4.31. The van der Waals surface area contributed by atoms with Crippen LogP contribution in [0.1, 0.15) is 24.6 Å². The van der Waals surface area contributed by atoms with Gasteiger partial charge in [0, 0.05) is 24.2 Å². The average Bonchev–Trinajstić information content (AvgIpc) is 2.82. The Morgan fingerprint density at radius 3 is 2.82 bits per heavy atom. The molecule has 1 aliphatic rings. The van der Waals surface area contributed by atoms with Crippen molar-refractivity contribution in [2.75, 3.05) is 11.4 Å². The molecule has 1 unspecified atom stereocenters. The van der Waals surface area contributed by atoms with Gasteiger partial charge in [0.1, 0.15) is 0 Å². The van der Waals surface area contributed by atoms with Gasteiger partial charge in [-0.2, -0.15) is 5.10 Å². The molecule has 1 fully saturated rings. The van der Waals surface area contributed by atoms with E-state index in [-0.39, 0.29) is 12.3 Å². The predicted molar refractivity (Wildman–Crippen MR) is 62.4 cm³/mol. The highest BCUT2D eigenvalue weighted by atomic mass is 16.2. The molecule has 0 aromatic carbocycles. The van der Waals surface area contributed by atoms with Gasteiger partial charge in [-0.1, -0.05) is 6.92 Å². The van der Waals surface area contributed by atoms with E-state index in [2.05, 4.69) is 10.2 Å². The largest absolute Gasteiger partial charge is 0.369 e. The Balaban J connectivity index is 2.26. The van der Waals surface area contributed by atoms with Crippen molar-refractivity contribution in [2.24, 2.45) is 11.7 Å². The molecule has 6 heteroatoms. The van der Waals surface area contributed by atoms with Gasteiger partial charge in [-0.3, -0.25) is 19.6 Å². The van der Waals surface area contributed by atoms with E-state index < -0.39 is 11.8 Å². The number of H-pyrrole nitrogens is 1. The summed E-state index contributed by atoms with van der Waals surface area (Å²) in [7, 11) is 0. The third-order valence-electron chi connectivity index (χ3n) is 3.22. The molecule has 1 aromatic heterocycles. The van der Waals surface area contributed by atoms with Crippen molar-refractivity contribution in [3.63, 3.8) is 0 Å². The minimum absolute atomic E-state index is 0.0916. The Morgan fingerprint density at radius 1 is 1.65 bits per heavy atom. The Kier molecular flexibility index (Phi) is 2.87. The van der Waals surface area contributed by atoms with E-state index >= 15 is 0 Å². The van der Waals surface area contributed by atoms with E-state index in [0.29, 0.717) is 12.4 Å². The molecule has 2 amide bonds. The molecular formula is C11H16N4O2. The maximum Gasteiger partial charge on any atom is 0.229 e. The summed E-state index contributed by atoms with van der Waals surface area (Å²) in [4.78, 5) is 24.4. The van der Waals surface area contributed by atoms with E-state index in [1.807, 2.05) is 13.8 Å². The van der Waals surface area contributed by atoms with Crippen molar-refractivity contribution in [3.05, 3.63) is 11.3 Å². The second kappa shape index (κ2) is 4.20. The molecule has 0 bridgehead atoms. The molecule has 2 heterocycles. The van der Waals surface area contributed by atoms with Crippen LogP contribution in [0.2, 0.25) is 0 Å². The number of aryl methyl sites for hydroxylation is 1. The first-order valence-electron chi connectivity index (χ1n) is 5.68. The monoisotopic (exact) mass is 236 g/mol. The molecule has 92 valence electrons. The van der Waals surface area contributed by atoms with Gasteiger partial charge >= 0.3 is 0 Å². The van der Waals surface area contributed by atoms with Gasteiger partial charge in [-0.25, -0.2) is 0 Å². The van der Waals surface area contributed by atoms with Crippen LogP contribution < -0.4 is 10.6 Å². The summed E-state index contributed by atoms with van der Waals surface area (Å²) in [6.45, 7) is 4.27. The molecule has 1 aliphatic heterocycles. The number of aromatic amines is 1. The minimum atomic E-state index is -0.426. The molecule has 2 rings (SSSR count). The number of primary amides is 1. The lowest BCUT2D eigenvalue weighted by Crippen LogP contribution is -2.29. The molecular weight excluding hydrogens is 220 g/mol. The molecule has 17 heavy (non-hydrogen) atoms. The first-order chi connectivity index (χ1) is 8.04. The highest BCUT2D eigenvalue weighted by molar-refractivity contribution is 5.99. The molecule has 1 atom stereocenters. The molecule has 0 aliphatic carbocycles. The summed E-state index contributed by atoms with van der Waals surface area (Å²) < 4.78 is 0. The number of rotatable bonds is 3. The van der Waals surface area contributed by atoms with Crippen LogP contribution >= 0.6 is 0 Å². The van der Waals surface area contributed by atoms with Crippen LogP contribution in [0.4, 0.5) is 5.82 Å². The maximum absolute atomic E-state index is 11.8. The highest BCUT2D eigenvalue weighted by Gasteiger charge is 2.35. The van der Waals surface area contributed by atoms with E-state index in [4.69, 9.17) is 5.73 Å². The zero-order valence-electron chi connectivity index (χ0n) is 9.99. The standard InChI is InChI=1S/C11H16N4O2/c1-3-8-6(2)11(14-13-8)15-5-7(10(12)17)4-9(15)16/h7H,3-5H2,1-2H3,(H2,12,17)(H,13,14). The molecule has 0 spiro atoms. The fourth-order valence-electron chi connectivity index (χ4n) is 2.13. The van der Waals surface area contributed by atoms with Crippen molar-refractivity contribution in [2.45, 2.75) is 26.7 Å². The number of amides is 2. The number of carbonyl (C=O) groups excluding carboxylic acids is 2. The first kappa shape index (κ1) is 11.6. The summed E-state index contributed by atoms with van der Waals surface area (Å²) in [6, 6.07) is 0. The van der Waals surface area contributed by atoms with Crippen molar-refractivity contribution >= 4 is 17.6 Å². The fraction of sp³-hybridized carbons (Fsp3) is 0.545. The summed E-state index contributed by atoms with van der Waals surface area (Å²) in [5.41, 5.74) is 7.20. The Hall–Kier alpha value is -1.85. The van der Waals surface area contributed by atoms with E-state index in [0.717, 1.165) is 17.7 Å². The molecule has 3 N–H and O–H groups in total. The smallest absolute Gasteiger partial charge is 0.229 e. The van der Waals surface area contributed by atoms with E-state index in [1.165, 1.54) is 0 Å². The summed E-state index contributed by atoms with van der Waals surface area (Å²) in [6.07, 6.45) is 1.02. The Labute approximate surface area is 99.2 Å². The highest BCUT2D eigenvalue weighted by Crippen LogP contribution is 2.27. The number of nitrogens with one attached hydrogen (secondary N) is 1. The number of carbonyl (C=O) groups is 2. The van der Waals surface area contributed by atoms with Crippen molar-refractivity contribution in [1.82, 2.24) is 10.2 Å². The normalized spacial score (nSPS) is 20.0. The topological polar surface area (TPSA) is 92.1 Å². The number of nitrogens with two attached hydrogens (primary N) is 1. The van der Waals surface area contributed by atoms with Gasteiger partial charge in [0.25, 0.3) is 0 Å². The summed E-state index contributed by atoms with van der Waals surface area (Å²) >= 11 is 0. The third-order valence-corrected chi connectivity index (χ3v) is 3.22. The van der Waals surface area contributed by atoms with Gasteiger partial charge in [-0.05, 0) is 13.3 Å². The number of hydrogen-bond donors (Lipinski definition) is 2. The molecule has 0 radical (unpaired) electrons. The SMILES string of the molecule is CCc1[nH]nc(N2CC(C(N)=O)CC2=O)c1C. The lowest BCUT2D eigenvalue weighted by Gasteiger charge is -2.13. The van der Waals surface area contributed by atoms with Crippen LogP contribution in [0, 0.1) is 12.8 Å². The maximum atomic E-state index is 11.8. The lowest BCUT2D eigenvalue weighted by molar-refractivity contribution is -0.123. The minimum Gasteiger partial charge on any atom is -0.369 e. The number of aromatic nitrogens is 2. The lowest BCUT2D eigenvalue weighted by atomic mass is 10.1. The fourth-order valence-corrected chi connectivity index (χ4v) is 2.13. The number of hydrogen-bond acceptors (Lipinski definition) is 3. The molecule has 6 nitrogen and oxygen atoms in total. The molecule has 0 saturated carbocycles. The van der Waals surface area contributed by atoms with Gasteiger partial charge in [-0.15, -0.1) is 0 Å². The second-order valence-electron chi connectivity index (χ2n) is 4.31. The summed E-state index contributed by atoms with van der Waals surface area (Å²) in [5.74, 6) is -0.296. The van der Waals surface area contributed by atoms with Crippen LogP contribution in [0.15, 0.2) is 0 Å². The van der Waals surface area contributed by atoms with Crippen LogP contribution in [-0.2, 0) is 16.0 Å². The number of anilines is 1. The van der Waals surface area contributed by atoms with Crippen molar-refractivity contribution in [3.8, 4) is 0 Å². The molecule has 1 aromatic rings. The van der Waals surface area contributed by atoms with Crippen molar-refractivity contribution in [1.29, 1.82) is 0 Å². The van der Waals surface area contributed by atoms with E-state index in [1.54, 1.807) is 4.90 Å². The van der Waals surface area contributed by atoms with Gasteiger partial charge in [0.05, 0.1) is 5.92 Å². The zero-order chi connectivity index (χ0) is 12.6. The molecule has 1 saturated heterocycles. The summed E-state index contributed by atoms with van der Waals surface area (Å²) in [5, 5.41) is 7.05. The Bertz CT molecular complexity index is 466. The third kappa shape index (κ3) is 1.90. The van der Waals surface area contributed by atoms with Gasteiger partial charge in [0.15, 0.2) is 5.82 Å². The van der Waals surface area contributed by atoms with Crippen LogP contribution in [0.5, 0.6) is 0 Å². The van der Waals surface area contributed by atoms with Crippen LogP contribution in [-0.4, -0.2) is 28.6 Å². The Morgan fingerprint density at radius 2 is 2.35 bits per heavy atom. The number of nitrogens with zero attached hydrogens (tertiary/aromatic N) is 2. The van der Waals surface area contributed by atoms with Gasteiger partial charge in [0.2, 0.25) is 11.8 Å². The van der Waals surface area contributed by atoms with Crippen LogP contribution in [0.25, 0.3) is 0 Å². The van der Waals surface area contributed by atoms with Crippen molar-refractivity contribution < 1.29 is 9.59 Å². The predicted octanol–water partition coefficient (Wildman–Crippen LogP) is 0.119. The van der Waals surface area contributed by atoms with Crippen LogP contribution in [0.3, 0.4) is 0 Å². The van der Waals surface area contributed by atoms with E-state index in [9.17, 15) is 9.59 Å². The quantitative estimate of drug-likeness (QED) is 0.780. The zero-order valence-corrected chi connectivity index (χ0v) is 9.99. The van der Waals surface area contributed by atoms with Gasteiger partial charge < -0.3 is 5.73 Å². The average molecular weight is 236 g/mol.